The number of hydrogen-bond acceptors (Lipinski definition) is 2. The summed E-state index contributed by atoms with van der Waals surface area (Å²) in [5.74, 6) is 0. The van der Waals surface area contributed by atoms with Crippen LogP contribution < -0.4 is 10.4 Å². The lowest BCUT2D eigenvalue weighted by Crippen LogP contribution is -2.66. The summed E-state index contributed by atoms with van der Waals surface area (Å²) in [6, 6.07) is 31.0. The molecule has 0 aromatic heterocycles. The number of unbranched alkanes of at least 4 members (excludes halogenated alkanes) is 1. The first-order chi connectivity index (χ1) is 16.5. The van der Waals surface area contributed by atoms with Gasteiger partial charge in [-0.2, -0.15) is 0 Å². The van der Waals surface area contributed by atoms with Gasteiger partial charge in [-0.25, -0.2) is 0 Å². The lowest BCUT2D eigenvalue weighted by molar-refractivity contribution is 0.288. The monoisotopic (exact) mass is 488 g/mol. The molecule has 3 aromatic rings. The molecular weight excluding hydrogens is 448 g/mol. The van der Waals surface area contributed by atoms with Crippen molar-refractivity contribution in [3.05, 3.63) is 90.5 Å². The number of benzene rings is 3. The van der Waals surface area contributed by atoms with Gasteiger partial charge in [0.1, 0.15) is 0 Å². The summed E-state index contributed by atoms with van der Waals surface area (Å²) in [5.41, 5.74) is 1.52. The molecule has 34 heavy (non-hydrogen) atoms. The maximum absolute atomic E-state index is 7.08. The largest absolute Gasteiger partial charge is 0.407 e. The van der Waals surface area contributed by atoms with E-state index in [0.29, 0.717) is 0 Å². The smallest absolute Gasteiger partial charge is 0.261 e. The second-order valence-corrected chi connectivity index (χ2v) is 16.2. The minimum atomic E-state index is -2.42. The van der Waals surface area contributed by atoms with Crippen LogP contribution in [0, 0.1) is 0 Å². The Hall–Kier alpha value is -1.81. The summed E-state index contributed by atoms with van der Waals surface area (Å²) in [6.45, 7) is 7.88. The van der Waals surface area contributed by atoms with Gasteiger partial charge in [0.2, 0.25) is 0 Å². The van der Waals surface area contributed by atoms with E-state index in [2.05, 4.69) is 117 Å². The molecule has 0 bridgehead atoms. The van der Waals surface area contributed by atoms with Crippen molar-refractivity contribution < 1.29 is 4.43 Å². The summed E-state index contributed by atoms with van der Waals surface area (Å²) < 4.78 is 7.08. The third-order valence-corrected chi connectivity index (χ3v) is 13.6. The normalized spacial score (nSPS) is 15.0. The molecule has 0 heterocycles. The zero-order valence-corrected chi connectivity index (χ0v) is 23.0. The molecule has 4 rings (SSSR count). The van der Waals surface area contributed by atoms with Gasteiger partial charge in [0.05, 0.1) is 0 Å². The van der Waals surface area contributed by atoms with Gasteiger partial charge in [0.15, 0.2) is 0 Å². The van der Waals surface area contributed by atoms with Crippen LogP contribution in [0.1, 0.15) is 64.9 Å². The van der Waals surface area contributed by atoms with E-state index in [1.807, 2.05) is 0 Å². The van der Waals surface area contributed by atoms with E-state index in [9.17, 15) is 0 Å². The Morgan fingerprint density at radius 1 is 0.765 bits per heavy atom. The Bertz CT molecular complexity index is 967. The highest BCUT2D eigenvalue weighted by molar-refractivity contribution is 8.00. The first-order valence-corrected chi connectivity index (χ1v) is 15.8. The van der Waals surface area contributed by atoms with Gasteiger partial charge in [-0.05, 0) is 59.1 Å². The topological polar surface area (TPSA) is 9.23 Å². The van der Waals surface area contributed by atoms with Crippen LogP contribution in [0.5, 0.6) is 0 Å². The van der Waals surface area contributed by atoms with Gasteiger partial charge in [0, 0.05) is 16.8 Å². The van der Waals surface area contributed by atoms with E-state index < -0.39 is 8.32 Å². The summed E-state index contributed by atoms with van der Waals surface area (Å²) in [4.78, 5) is 1.50. The van der Waals surface area contributed by atoms with Crippen LogP contribution in [0.15, 0.2) is 89.8 Å². The third-order valence-electron chi connectivity index (χ3n) is 7.14. The predicted octanol–water partition coefficient (Wildman–Crippen LogP) is 7.62. The fraction of sp³-hybridized carbons (Fsp3) is 0.419. The van der Waals surface area contributed by atoms with Crippen molar-refractivity contribution >= 4 is 30.5 Å². The fourth-order valence-electron chi connectivity index (χ4n) is 5.42. The van der Waals surface area contributed by atoms with Crippen LogP contribution in [0.2, 0.25) is 5.04 Å². The van der Waals surface area contributed by atoms with Gasteiger partial charge in [-0.15, -0.1) is 11.8 Å². The van der Waals surface area contributed by atoms with Crippen LogP contribution in [0.3, 0.4) is 0 Å². The van der Waals surface area contributed by atoms with Crippen molar-refractivity contribution in [1.82, 2.24) is 0 Å². The SMILES string of the molecule is CC(C)(C)[Si](OCCCCc1ccccc1SC1CCCC1)(c1ccccc1)c1ccccc1. The standard InChI is InChI=1S/C31H40OSSi/c1-31(2,3)34(28-20-6-4-7-21-28,29-22-8-5-9-23-29)32-25-15-14-17-26-16-10-13-24-30(26)33-27-18-11-12-19-27/h4-10,13,16,20-24,27H,11-12,14-15,17-19,25H2,1-3H3. The number of hydrogen-bond donors (Lipinski definition) is 0. The lowest BCUT2D eigenvalue weighted by Gasteiger charge is -2.43. The molecule has 0 spiro atoms. The molecule has 0 unspecified atom stereocenters. The molecule has 3 aromatic carbocycles. The number of thioether (sulfide) groups is 1. The Labute approximate surface area is 212 Å². The molecule has 1 aliphatic rings. The van der Waals surface area contributed by atoms with Crippen LogP contribution in [0.25, 0.3) is 0 Å². The number of aryl methyl sites for hydroxylation is 1. The summed E-state index contributed by atoms with van der Waals surface area (Å²) >= 11 is 2.12. The molecule has 0 aliphatic heterocycles. The lowest BCUT2D eigenvalue weighted by atomic mass is 10.1. The van der Waals surface area contributed by atoms with Gasteiger partial charge < -0.3 is 4.43 Å². The first kappa shape index (κ1) is 25.3. The molecule has 1 nitrogen and oxygen atoms in total. The average Bonchev–Trinajstić information content (AvgIpc) is 3.36. The van der Waals surface area contributed by atoms with Crippen molar-refractivity contribution in [3.63, 3.8) is 0 Å². The molecule has 0 amide bonds. The van der Waals surface area contributed by atoms with Crippen LogP contribution in [-0.4, -0.2) is 20.2 Å². The molecular formula is C31H40OSSi. The highest BCUT2D eigenvalue weighted by Gasteiger charge is 2.49. The summed E-state index contributed by atoms with van der Waals surface area (Å²) in [5, 5.41) is 3.60. The minimum absolute atomic E-state index is 0.0419. The molecule has 1 fully saturated rings. The fourth-order valence-corrected chi connectivity index (χ4v) is 11.4. The Kier molecular flexibility index (Phi) is 8.74. The number of rotatable bonds is 10. The first-order valence-electron chi connectivity index (χ1n) is 13.0. The van der Waals surface area contributed by atoms with Crippen LogP contribution in [0.4, 0.5) is 0 Å². The van der Waals surface area contributed by atoms with Crippen LogP contribution >= 0.6 is 11.8 Å². The quantitative estimate of drug-likeness (QED) is 0.214. The van der Waals surface area contributed by atoms with Gasteiger partial charge in [-0.3, -0.25) is 0 Å². The van der Waals surface area contributed by atoms with Gasteiger partial charge in [-0.1, -0.05) is 112 Å². The van der Waals surface area contributed by atoms with Crippen LogP contribution in [-0.2, 0) is 10.8 Å². The van der Waals surface area contributed by atoms with E-state index in [4.69, 9.17) is 4.43 Å². The van der Waals surface area contributed by atoms with Crippen molar-refractivity contribution in [2.45, 2.75) is 80.9 Å². The molecule has 0 atom stereocenters. The summed E-state index contributed by atoms with van der Waals surface area (Å²) in [6.07, 6.45) is 8.96. The van der Waals surface area contributed by atoms with Gasteiger partial charge in [0.25, 0.3) is 8.32 Å². The van der Waals surface area contributed by atoms with E-state index >= 15 is 0 Å². The average molecular weight is 489 g/mol. The van der Waals surface area contributed by atoms with Crippen molar-refractivity contribution in [2.75, 3.05) is 6.61 Å². The van der Waals surface area contributed by atoms with E-state index in [1.54, 1.807) is 0 Å². The van der Waals surface area contributed by atoms with Crippen molar-refractivity contribution in [2.24, 2.45) is 0 Å². The Morgan fingerprint density at radius 2 is 1.32 bits per heavy atom. The van der Waals surface area contributed by atoms with Gasteiger partial charge >= 0.3 is 0 Å². The maximum Gasteiger partial charge on any atom is 0.261 e. The van der Waals surface area contributed by atoms with E-state index in [0.717, 1.165) is 24.7 Å². The second kappa shape index (κ2) is 11.7. The molecule has 0 saturated heterocycles. The maximum atomic E-state index is 7.08. The summed E-state index contributed by atoms with van der Waals surface area (Å²) in [7, 11) is -2.42. The molecule has 0 radical (unpaired) electrons. The second-order valence-electron chi connectivity index (χ2n) is 10.6. The molecule has 1 aliphatic carbocycles. The third kappa shape index (κ3) is 5.87. The minimum Gasteiger partial charge on any atom is -0.407 e. The highest BCUT2D eigenvalue weighted by Crippen LogP contribution is 2.38. The molecule has 180 valence electrons. The Morgan fingerprint density at radius 3 is 1.91 bits per heavy atom. The molecule has 0 N–H and O–H groups in total. The Balaban J connectivity index is 1.44. The molecule has 3 heteroatoms. The van der Waals surface area contributed by atoms with E-state index in [-0.39, 0.29) is 5.04 Å². The zero-order valence-electron chi connectivity index (χ0n) is 21.1. The van der Waals surface area contributed by atoms with Crippen molar-refractivity contribution in [1.29, 1.82) is 0 Å². The van der Waals surface area contributed by atoms with Crippen molar-refractivity contribution in [3.8, 4) is 0 Å². The highest BCUT2D eigenvalue weighted by atomic mass is 32.2. The molecule has 1 saturated carbocycles. The van der Waals surface area contributed by atoms with E-state index in [1.165, 1.54) is 52.9 Å². The zero-order chi connectivity index (χ0) is 23.9. The predicted molar refractivity (Wildman–Crippen MR) is 151 cm³/mol.